The molecule has 2 aliphatic heterocycles. The Balaban J connectivity index is 1.15. The molecule has 6 nitrogen and oxygen atoms in total. The highest BCUT2D eigenvalue weighted by Gasteiger charge is 2.37. The summed E-state index contributed by atoms with van der Waals surface area (Å²) in [6.07, 6.45) is 3.93. The van der Waals surface area contributed by atoms with E-state index in [9.17, 15) is 4.79 Å². The SMILES string of the molecule is Cc1cc(C2(C)NNc3ccc(C(=O)NC4CCCN(Cc5cc6ccccc6s5)C4)cc32)ccn1. The molecule has 184 valence electrons. The number of aromatic nitrogens is 1. The number of nitrogens with zero attached hydrogens (tertiary/aromatic N) is 2. The average molecular weight is 498 g/mol. The Bertz CT molecular complexity index is 1400. The van der Waals surface area contributed by atoms with Gasteiger partial charge >= 0.3 is 0 Å². The Morgan fingerprint density at radius 1 is 1.19 bits per heavy atom. The van der Waals surface area contributed by atoms with Crippen LogP contribution in [-0.2, 0) is 12.1 Å². The first kappa shape index (κ1) is 23.2. The van der Waals surface area contributed by atoms with Crippen molar-refractivity contribution in [2.75, 3.05) is 18.5 Å². The second-order valence-electron chi connectivity index (χ2n) is 10.1. The van der Waals surface area contributed by atoms with Crippen LogP contribution in [-0.4, -0.2) is 34.9 Å². The third kappa shape index (κ3) is 4.39. The molecule has 1 amide bonds. The zero-order valence-corrected chi connectivity index (χ0v) is 21.5. The number of nitrogens with one attached hydrogen (secondary N) is 3. The van der Waals surface area contributed by atoms with Crippen molar-refractivity contribution in [1.82, 2.24) is 20.6 Å². The second-order valence-corrected chi connectivity index (χ2v) is 11.3. The summed E-state index contributed by atoms with van der Waals surface area (Å²) < 4.78 is 1.34. The van der Waals surface area contributed by atoms with E-state index in [0.717, 1.165) is 55.0 Å². The van der Waals surface area contributed by atoms with Gasteiger partial charge in [-0.2, -0.15) is 0 Å². The number of hydrogen-bond acceptors (Lipinski definition) is 6. The van der Waals surface area contributed by atoms with E-state index in [1.165, 1.54) is 15.0 Å². The molecule has 6 rings (SSSR count). The van der Waals surface area contributed by atoms with E-state index in [2.05, 4.69) is 69.4 Å². The number of hydrazine groups is 1. The maximum absolute atomic E-state index is 13.3. The Morgan fingerprint density at radius 3 is 2.94 bits per heavy atom. The van der Waals surface area contributed by atoms with Gasteiger partial charge in [-0.1, -0.05) is 18.2 Å². The third-order valence-corrected chi connectivity index (χ3v) is 8.54. The molecule has 0 bridgehead atoms. The molecule has 2 aliphatic rings. The maximum Gasteiger partial charge on any atom is 0.251 e. The minimum Gasteiger partial charge on any atom is -0.348 e. The van der Waals surface area contributed by atoms with Crippen molar-refractivity contribution >= 4 is 33.0 Å². The van der Waals surface area contributed by atoms with E-state index < -0.39 is 5.54 Å². The molecule has 2 aromatic carbocycles. The summed E-state index contributed by atoms with van der Waals surface area (Å²) in [5, 5.41) is 4.63. The Labute approximate surface area is 215 Å². The van der Waals surface area contributed by atoms with Crippen LogP contribution < -0.4 is 16.2 Å². The Morgan fingerprint density at radius 2 is 2.08 bits per heavy atom. The van der Waals surface area contributed by atoms with Gasteiger partial charge in [0.1, 0.15) is 0 Å². The van der Waals surface area contributed by atoms with Crippen LogP contribution in [0.1, 0.15) is 51.8 Å². The first-order chi connectivity index (χ1) is 17.5. The van der Waals surface area contributed by atoms with E-state index in [-0.39, 0.29) is 11.9 Å². The summed E-state index contributed by atoms with van der Waals surface area (Å²) in [6.45, 7) is 7.01. The molecule has 0 spiro atoms. The third-order valence-electron chi connectivity index (χ3n) is 7.44. The molecular weight excluding hydrogens is 466 g/mol. The molecule has 0 saturated carbocycles. The summed E-state index contributed by atoms with van der Waals surface area (Å²) >= 11 is 1.87. The smallest absolute Gasteiger partial charge is 0.251 e. The van der Waals surface area contributed by atoms with Gasteiger partial charge < -0.3 is 10.7 Å². The molecule has 4 aromatic rings. The number of pyridine rings is 1. The zero-order chi connectivity index (χ0) is 24.7. The van der Waals surface area contributed by atoms with Crippen LogP contribution in [0.4, 0.5) is 5.69 Å². The standard InChI is InChI=1S/C29H31N5OS/c1-19-14-22(11-12-30-19)29(2)25-16-21(9-10-26(25)32-33-29)28(35)31-23-7-5-13-34(17-23)18-24-15-20-6-3-4-8-27(20)36-24/h3-4,6,8-12,14-16,23,32-33H,5,7,13,17-18H2,1-2H3,(H,31,35). The van der Waals surface area contributed by atoms with Gasteiger partial charge in [-0.05, 0) is 86.6 Å². The van der Waals surface area contributed by atoms with E-state index >= 15 is 0 Å². The van der Waals surface area contributed by atoms with E-state index in [0.29, 0.717) is 5.56 Å². The Hall–Kier alpha value is -3.26. The molecule has 1 saturated heterocycles. The number of benzene rings is 2. The van der Waals surface area contributed by atoms with Crippen molar-refractivity contribution in [1.29, 1.82) is 0 Å². The van der Waals surface area contributed by atoms with Gasteiger partial charge in [0.15, 0.2) is 0 Å². The fourth-order valence-corrected chi connectivity index (χ4v) is 6.58. The zero-order valence-electron chi connectivity index (χ0n) is 20.7. The molecule has 0 radical (unpaired) electrons. The van der Waals surface area contributed by atoms with Crippen LogP contribution in [0.25, 0.3) is 10.1 Å². The van der Waals surface area contributed by atoms with Crippen molar-refractivity contribution in [2.45, 2.75) is 44.8 Å². The molecule has 4 heterocycles. The summed E-state index contributed by atoms with van der Waals surface area (Å²) in [7, 11) is 0. The average Bonchev–Trinajstić information content (AvgIpc) is 3.45. The molecule has 36 heavy (non-hydrogen) atoms. The lowest BCUT2D eigenvalue weighted by Gasteiger charge is -2.33. The van der Waals surface area contributed by atoms with Crippen LogP contribution in [0.5, 0.6) is 0 Å². The summed E-state index contributed by atoms with van der Waals surface area (Å²) in [4.78, 5) is 21.5. The second kappa shape index (κ2) is 9.32. The fourth-order valence-electron chi connectivity index (χ4n) is 5.47. The maximum atomic E-state index is 13.3. The minimum absolute atomic E-state index is 0.00771. The van der Waals surface area contributed by atoms with Crippen molar-refractivity contribution in [2.24, 2.45) is 0 Å². The number of piperidine rings is 1. The monoisotopic (exact) mass is 497 g/mol. The van der Waals surface area contributed by atoms with Gasteiger partial charge in [-0.3, -0.25) is 14.7 Å². The summed E-state index contributed by atoms with van der Waals surface area (Å²) in [6, 6.07) is 21.0. The number of hydrogen-bond donors (Lipinski definition) is 3. The topological polar surface area (TPSA) is 69.3 Å². The summed E-state index contributed by atoms with van der Waals surface area (Å²) in [5.41, 5.74) is 11.1. The predicted octanol–water partition coefficient (Wildman–Crippen LogP) is 5.19. The van der Waals surface area contributed by atoms with Crippen LogP contribution in [0.2, 0.25) is 0 Å². The minimum atomic E-state index is -0.439. The summed E-state index contributed by atoms with van der Waals surface area (Å²) in [5.74, 6) is -0.00771. The highest BCUT2D eigenvalue weighted by molar-refractivity contribution is 7.19. The quantitative estimate of drug-likeness (QED) is 0.354. The predicted molar refractivity (Wildman–Crippen MR) is 146 cm³/mol. The van der Waals surface area contributed by atoms with E-state index in [1.54, 1.807) is 0 Å². The van der Waals surface area contributed by atoms with E-state index in [4.69, 9.17) is 0 Å². The van der Waals surface area contributed by atoms with E-state index in [1.807, 2.05) is 48.7 Å². The first-order valence-corrected chi connectivity index (χ1v) is 13.4. The number of rotatable bonds is 5. The lowest BCUT2D eigenvalue weighted by molar-refractivity contribution is 0.0901. The van der Waals surface area contributed by atoms with Gasteiger partial charge in [-0.25, -0.2) is 5.43 Å². The number of anilines is 1. The number of thiophene rings is 1. The van der Waals surface area contributed by atoms with Crippen LogP contribution in [0, 0.1) is 6.92 Å². The van der Waals surface area contributed by atoms with Gasteiger partial charge in [0, 0.05) is 51.7 Å². The largest absolute Gasteiger partial charge is 0.348 e. The molecule has 2 atom stereocenters. The van der Waals surface area contributed by atoms with Crippen LogP contribution >= 0.6 is 11.3 Å². The van der Waals surface area contributed by atoms with Crippen LogP contribution in [0.3, 0.4) is 0 Å². The molecule has 3 N–H and O–H groups in total. The van der Waals surface area contributed by atoms with Gasteiger partial charge in [0.05, 0.1) is 11.2 Å². The first-order valence-electron chi connectivity index (χ1n) is 12.6. The van der Waals surface area contributed by atoms with Crippen LogP contribution in [0.15, 0.2) is 66.9 Å². The molecule has 0 aliphatic carbocycles. The number of fused-ring (bicyclic) bond motifs is 2. The Kier molecular flexibility index (Phi) is 5.99. The number of amides is 1. The van der Waals surface area contributed by atoms with Crippen molar-refractivity contribution in [3.63, 3.8) is 0 Å². The highest BCUT2D eigenvalue weighted by atomic mass is 32.1. The van der Waals surface area contributed by atoms with Gasteiger partial charge in [-0.15, -0.1) is 11.3 Å². The van der Waals surface area contributed by atoms with Crippen molar-refractivity contribution in [3.8, 4) is 0 Å². The lowest BCUT2D eigenvalue weighted by Crippen LogP contribution is -2.47. The van der Waals surface area contributed by atoms with Crippen molar-refractivity contribution < 1.29 is 4.79 Å². The normalized spacial score (nSPS) is 21.8. The molecule has 1 fully saturated rings. The molecule has 2 unspecified atom stereocenters. The molecular formula is C29H31N5OS. The van der Waals surface area contributed by atoms with Crippen molar-refractivity contribution in [3.05, 3.63) is 94.1 Å². The highest BCUT2D eigenvalue weighted by Crippen LogP contribution is 2.39. The van der Waals surface area contributed by atoms with Gasteiger partial charge in [0.25, 0.3) is 5.91 Å². The number of aryl methyl sites for hydroxylation is 1. The molecule has 2 aromatic heterocycles. The lowest BCUT2D eigenvalue weighted by atomic mass is 9.85. The number of likely N-dealkylation sites (tertiary alicyclic amines) is 1. The molecule has 7 heteroatoms. The fraction of sp³-hybridized carbons (Fsp3) is 0.310. The number of carbonyl (C=O) groups excluding carboxylic acids is 1. The van der Waals surface area contributed by atoms with Gasteiger partial charge in [0.2, 0.25) is 0 Å². The number of carbonyl (C=O) groups is 1.